The molecule has 0 aromatic carbocycles. The van der Waals surface area contributed by atoms with Crippen molar-refractivity contribution in [1.29, 1.82) is 0 Å². The third-order valence-corrected chi connectivity index (χ3v) is 1.31. The average molecular weight is 134 g/mol. The Balaban J connectivity index is 2.88. The number of fused-ring (bicyclic) bond motifs is 1. The molecule has 0 aliphatic heterocycles. The van der Waals surface area contributed by atoms with Gasteiger partial charge < -0.3 is 0 Å². The minimum absolute atomic E-state index is 0.699. The molecular weight excluding hydrogens is 128 g/mol. The molecule has 50 valence electrons. The van der Waals surface area contributed by atoms with Crippen LogP contribution in [0.1, 0.15) is 0 Å². The highest BCUT2D eigenvalue weighted by Crippen LogP contribution is 2.04. The van der Waals surface area contributed by atoms with Crippen LogP contribution in [0, 0.1) is 0 Å². The molecular formula is C6H6N4. The summed E-state index contributed by atoms with van der Waals surface area (Å²) in [4.78, 5) is 0. The van der Waals surface area contributed by atoms with Crippen LogP contribution in [-0.4, -0.2) is 20.0 Å². The smallest absolute Gasteiger partial charge is 0.202 e. The van der Waals surface area contributed by atoms with Gasteiger partial charge in [0.15, 0.2) is 0 Å². The van der Waals surface area contributed by atoms with Crippen LogP contribution in [0.4, 0.5) is 0 Å². The van der Waals surface area contributed by atoms with Crippen molar-refractivity contribution in [3.63, 3.8) is 0 Å². The van der Waals surface area contributed by atoms with Gasteiger partial charge in [0.05, 0.1) is 6.20 Å². The lowest BCUT2D eigenvalue weighted by Gasteiger charge is -1.78. The van der Waals surface area contributed by atoms with Crippen LogP contribution < -0.4 is 0 Å². The fourth-order valence-corrected chi connectivity index (χ4v) is 0.892. The Morgan fingerprint density at radius 3 is 3.20 bits per heavy atom. The lowest BCUT2D eigenvalue weighted by Crippen LogP contribution is -1.86. The monoisotopic (exact) mass is 134 g/mol. The summed E-state index contributed by atoms with van der Waals surface area (Å²) < 4.78 is 1.72. The van der Waals surface area contributed by atoms with Gasteiger partial charge in [0.2, 0.25) is 5.65 Å². The largest absolute Gasteiger partial charge is 0.273 e. The van der Waals surface area contributed by atoms with Crippen LogP contribution in [-0.2, 0) is 7.05 Å². The maximum Gasteiger partial charge on any atom is 0.202 e. The van der Waals surface area contributed by atoms with Gasteiger partial charge in [0.25, 0.3) is 0 Å². The summed E-state index contributed by atoms with van der Waals surface area (Å²) >= 11 is 0. The van der Waals surface area contributed by atoms with Crippen LogP contribution in [0.3, 0.4) is 0 Å². The Morgan fingerprint density at radius 1 is 1.50 bits per heavy atom. The minimum atomic E-state index is 0.699. The quantitative estimate of drug-likeness (QED) is 0.522. The molecule has 10 heavy (non-hydrogen) atoms. The Labute approximate surface area is 57.5 Å². The zero-order valence-corrected chi connectivity index (χ0v) is 5.52. The first-order chi connectivity index (χ1) is 4.86. The van der Waals surface area contributed by atoms with Crippen LogP contribution in [0.25, 0.3) is 11.0 Å². The maximum atomic E-state index is 4.06. The highest BCUT2D eigenvalue weighted by Gasteiger charge is 1.95. The van der Waals surface area contributed by atoms with Gasteiger partial charge in [-0.1, -0.05) is 0 Å². The van der Waals surface area contributed by atoms with E-state index in [9.17, 15) is 0 Å². The van der Waals surface area contributed by atoms with Crippen LogP contribution >= 0.6 is 0 Å². The third-order valence-electron chi connectivity index (χ3n) is 1.31. The summed E-state index contributed by atoms with van der Waals surface area (Å²) in [5, 5.41) is 12.6. The van der Waals surface area contributed by atoms with E-state index in [1.165, 1.54) is 0 Å². The molecule has 2 heterocycles. The molecule has 0 spiro atoms. The van der Waals surface area contributed by atoms with Crippen molar-refractivity contribution in [3.05, 3.63) is 18.5 Å². The van der Waals surface area contributed by atoms with Crippen LogP contribution in [0.15, 0.2) is 18.5 Å². The van der Waals surface area contributed by atoms with E-state index in [2.05, 4.69) is 15.3 Å². The molecule has 0 fully saturated rings. The highest BCUT2D eigenvalue weighted by molar-refractivity contribution is 5.72. The predicted molar refractivity (Wildman–Crippen MR) is 36.3 cm³/mol. The van der Waals surface area contributed by atoms with Gasteiger partial charge in [-0.2, -0.15) is 10.2 Å². The molecule has 0 aliphatic carbocycles. The lowest BCUT2D eigenvalue weighted by molar-refractivity contribution is 0.773. The van der Waals surface area contributed by atoms with Gasteiger partial charge in [0.1, 0.15) is 0 Å². The summed E-state index contributed by atoms with van der Waals surface area (Å²) in [6.45, 7) is 0. The van der Waals surface area contributed by atoms with Crippen molar-refractivity contribution in [3.8, 4) is 0 Å². The molecule has 0 radical (unpaired) electrons. The third kappa shape index (κ3) is 0.655. The lowest BCUT2D eigenvalue weighted by atomic mass is 10.4. The van der Waals surface area contributed by atoms with Gasteiger partial charge >= 0.3 is 0 Å². The topological polar surface area (TPSA) is 43.6 Å². The first-order valence-corrected chi connectivity index (χ1v) is 2.97. The molecule has 2 aromatic rings. The van der Waals surface area contributed by atoms with Crippen molar-refractivity contribution >= 4 is 11.0 Å². The molecule has 0 atom stereocenters. The van der Waals surface area contributed by atoms with E-state index in [1.807, 2.05) is 19.3 Å². The minimum Gasteiger partial charge on any atom is -0.273 e. The summed E-state index contributed by atoms with van der Waals surface area (Å²) in [5.41, 5.74) is 0.699. The first kappa shape index (κ1) is 5.34. The Kier molecular flexibility index (Phi) is 0.943. The molecule has 0 bridgehead atoms. The molecule has 0 unspecified atom stereocenters. The number of hydrogen-bond donors (Lipinski definition) is 0. The second-order valence-electron chi connectivity index (χ2n) is 2.11. The average Bonchev–Trinajstić information content (AvgIpc) is 2.27. The normalized spacial score (nSPS) is 10.5. The zero-order valence-electron chi connectivity index (χ0n) is 5.52. The van der Waals surface area contributed by atoms with E-state index in [0.29, 0.717) is 5.65 Å². The second kappa shape index (κ2) is 1.76. The van der Waals surface area contributed by atoms with Gasteiger partial charge in [-0.05, 0) is 6.07 Å². The molecule has 0 saturated heterocycles. The van der Waals surface area contributed by atoms with E-state index in [-0.39, 0.29) is 0 Å². The van der Waals surface area contributed by atoms with Gasteiger partial charge in [-0.25, -0.2) is 0 Å². The van der Waals surface area contributed by atoms with Crippen molar-refractivity contribution in [2.24, 2.45) is 7.05 Å². The number of aryl methyl sites for hydroxylation is 1. The Morgan fingerprint density at radius 2 is 2.40 bits per heavy atom. The Hall–Kier alpha value is -1.45. The molecule has 4 heteroatoms. The predicted octanol–water partition coefficient (Wildman–Crippen LogP) is 0.363. The van der Waals surface area contributed by atoms with Gasteiger partial charge in [-0.15, -0.1) is 5.10 Å². The summed E-state index contributed by atoms with van der Waals surface area (Å²) in [6, 6.07) is 1.88. The molecule has 2 aromatic heterocycles. The highest BCUT2D eigenvalue weighted by atomic mass is 15.3. The van der Waals surface area contributed by atoms with Crippen molar-refractivity contribution in [1.82, 2.24) is 20.0 Å². The standard InChI is InChI=1S/C6H6N4/c1-10-4-5-2-3-7-8-6(5)9-10/h2-4H,1H3. The Bertz CT molecular complexity index is 318. The second-order valence-corrected chi connectivity index (χ2v) is 2.11. The fourth-order valence-electron chi connectivity index (χ4n) is 0.892. The molecule has 4 nitrogen and oxygen atoms in total. The van der Waals surface area contributed by atoms with Gasteiger partial charge in [0, 0.05) is 18.6 Å². The molecule has 0 N–H and O–H groups in total. The van der Waals surface area contributed by atoms with E-state index < -0.39 is 0 Å². The van der Waals surface area contributed by atoms with E-state index in [0.717, 1.165) is 5.39 Å². The number of nitrogens with zero attached hydrogens (tertiary/aromatic N) is 4. The molecule has 2 rings (SSSR count). The molecule has 0 aliphatic rings. The van der Waals surface area contributed by atoms with E-state index in [4.69, 9.17) is 0 Å². The number of hydrogen-bond acceptors (Lipinski definition) is 3. The van der Waals surface area contributed by atoms with Crippen molar-refractivity contribution in [2.45, 2.75) is 0 Å². The zero-order chi connectivity index (χ0) is 6.97. The van der Waals surface area contributed by atoms with Gasteiger partial charge in [-0.3, -0.25) is 4.68 Å². The number of aromatic nitrogens is 4. The summed E-state index contributed by atoms with van der Waals surface area (Å²) in [5.74, 6) is 0. The van der Waals surface area contributed by atoms with Crippen molar-refractivity contribution in [2.75, 3.05) is 0 Å². The first-order valence-electron chi connectivity index (χ1n) is 2.97. The SMILES string of the molecule is Cn1cc2ccnnc2n1. The number of rotatable bonds is 0. The van der Waals surface area contributed by atoms with E-state index in [1.54, 1.807) is 10.9 Å². The maximum absolute atomic E-state index is 4.06. The summed E-state index contributed by atoms with van der Waals surface area (Å²) in [7, 11) is 1.86. The fraction of sp³-hybridized carbons (Fsp3) is 0.167. The van der Waals surface area contributed by atoms with Crippen LogP contribution in [0.2, 0.25) is 0 Å². The molecule has 0 saturated carbocycles. The van der Waals surface area contributed by atoms with E-state index >= 15 is 0 Å². The van der Waals surface area contributed by atoms with Crippen molar-refractivity contribution < 1.29 is 0 Å². The molecule has 0 amide bonds. The summed E-state index contributed by atoms with van der Waals surface area (Å²) in [6.07, 6.45) is 3.56. The van der Waals surface area contributed by atoms with Crippen LogP contribution in [0.5, 0.6) is 0 Å².